The number of carbonyl (C=O) groups is 2. The van der Waals surface area contributed by atoms with E-state index in [1.54, 1.807) is 6.07 Å². The number of aromatic nitrogens is 1. The van der Waals surface area contributed by atoms with E-state index in [9.17, 15) is 9.59 Å². The Bertz CT molecular complexity index is 608. The molecular formula is C15H16N2O2. The molecule has 0 saturated heterocycles. The van der Waals surface area contributed by atoms with E-state index in [0.717, 1.165) is 22.9 Å². The maximum atomic E-state index is 12.1. The van der Waals surface area contributed by atoms with Gasteiger partial charge in [-0.1, -0.05) is 12.1 Å². The van der Waals surface area contributed by atoms with Crippen molar-refractivity contribution in [2.75, 3.05) is 6.54 Å². The summed E-state index contributed by atoms with van der Waals surface area (Å²) in [5.41, 5.74) is 2.37. The highest BCUT2D eigenvalue weighted by molar-refractivity contribution is 6.06. The van der Waals surface area contributed by atoms with Gasteiger partial charge in [0.25, 0.3) is 5.91 Å². The molecule has 4 nitrogen and oxygen atoms in total. The zero-order chi connectivity index (χ0) is 13.7. The molecule has 0 fully saturated rings. The number of benzene rings is 1. The molecule has 0 saturated carbocycles. The van der Waals surface area contributed by atoms with Crippen molar-refractivity contribution in [3.05, 3.63) is 41.6 Å². The number of rotatable bonds is 5. The van der Waals surface area contributed by atoms with Gasteiger partial charge in [-0.2, -0.15) is 0 Å². The topological polar surface area (TPSA) is 59.1 Å². The van der Waals surface area contributed by atoms with Gasteiger partial charge >= 0.3 is 0 Å². The van der Waals surface area contributed by atoms with Crippen LogP contribution in [0, 0.1) is 6.92 Å². The van der Waals surface area contributed by atoms with Crippen LogP contribution >= 0.6 is 0 Å². The van der Waals surface area contributed by atoms with Gasteiger partial charge in [0.2, 0.25) is 0 Å². The highest BCUT2D eigenvalue weighted by Crippen LogP contribution is 2.17. The number of nitrogens with zero attached hydrogens (tertiary/aromatic N) is 1. The molecular weight excluding hydrogens is 240 g/mol. The van der Waals surface area contributed by atoms with Gasteiger partial charge in [0.15, 0.2) is 0 Å². The summed E-state index contributed by atoms with van der Waals surface area (Å²) in [5.74, 6) is -0.123. The van der Waals surface area contributed by atoms with Crippen LogP contribution in [0.25, 0.3) is 10.9 Å². The van der Waals surface area contributed by atoms with Gasteiger partial charge in [0.1, 0.15) is 6.29 Å². The number of fused-ring (bicyclic) bond motifs is 1. The second-order valence-corrected chi connectivity index (χ2v) is 4.39. The molecule has 0 spiro atoms. The third-order valence-corrected chi connectivity index (χ3v) is 2.90. The molecule has 1 N–H and O–H groups in total. The summed E-state index contributed by atoms with van der Waals surface area (Å²) < 4.78 is 0. The standard InChI is InChI=1S/C15H16N2O2/c1-11-7-8-12-13(5-4-6-14(12)17-11)15(19)16-9-2-3-10-18/h4-8,10H,2-3,9H2,1H3,(H,16,19). The minimum Gasteiger partial charge on any atom is -0.352 e. The molecule has 1 heterocycles. The summed E-state index contributed by atoms with van der Waals surface area (Å²) >= 11 is 0. The normalized spacial score (nSPS) is 10.4. The van der Waals surface area contributed by atoms with E-state index < -0.39 is 0 Å². The third-order valence-electron chi connectivity index (χ3n) is 2.90. The number of amides is 1. The van der Waals surface area contributed by atoms with E-state index in [2.05, 4.69) is 10.3 Å². The number of hydrogen-bond acceptors (Lipinski definition) is 3. The van der Waals surface area contributed by atoms with Crippen LogP contribution < -0.4 is 5.32 Å². The molecule has 0 radical (unpaired) electrons. The van der Waals surface area contributed by atoms with Crippen LogP contribution in [-0.2, 0) is 4.79 Å². The van der Waals surface area contributed by atoms with Crippen LogP contribution in [0.4, 0.5) is 0 Å². The fraction of sp³-hybridized carbons (Fsp3) is 0.267. The predicted octanol–water partition coefficient (Wildman–Crippen LogP) is 2.25. The van der Waals surface area contributed by atoms with Crippen molar-refractivity contribution in [3.63, 3.8) is 0 Å². The van der Waals surface area contributed by atoms with E-state index in [0.29, 0.717) is 24.9 Å². The van der Waals surface area contributed by atoms with E-state index in [4.69, 9.17) is 0 Å². The van der Waals surface area contributed by atoms with Gasteiger partial charge in [-0.25, -0.2) is 0 Å². The van der Waals surface area contributed by atoms with Crippen LogP contribution in [0.3, 0.4) is 0 Å². The van der Waals surface area contributed by atoms with Crippen LogP contribution in [0.15, 0.2) is 30.3 Å². The molecule has 0 atom stereocenters. The first kappa shape index (κ1) is 13.2. The molecule has 0 unspecified atom stereocenters. The Morgan fingerprint density at radius 1 is 1.32 bits per heavy atom. The van der Waals surface area contributed by atoms with Crippen LogP contribution in [0.5, 0.6) is 0 Å². The lowest BCUT2D eigenvalue weighted by atomic mass is 10.1. The number of hydrogen-bond donors (Lipinski definition) is 1. The second kappa shape index (κ2) is 6.09. The first-order valence-corrected chi connectivity index (χ1v) is 6.30. The fourth-order valence-corrected chi connectivity index (χ4v) is 1.94. The van der Waals surface area contributed by atoms with Crippen molar-refractivity contribution in [1.82, 2.24) is 10.3 Å². The Morgan fingerprint density at radius 2 is 2.16 bits per heavy atom. The number of nitrogens with one attached hydrogen (secondary N) is 1. The summed E-state index contributed by atoms with van der Waals surface area (Å²) in [6, 6.07) is 9.32. The molecule has 4 heteroatoms. The van der Waals surface area contributed by atoms with Crippen molar-refractivity contribution in [3.8, 4) is 0 Å². The molecule has 1 amide bonds. The van der Waals surface area contributed by atoms with Crippen LogP contribution in [0.1, 0.15) is 28.9 Å². The third kappa shape index (κ3) is 3.16. The molecule has 2 aromatic rings. The molecule has 0 bridgehead atoms. The Morgan fingerprint density at radius 3 is 2.95 bits per heavy atom. The number of aldehydes is 1. The molecule has 0 aliphatic rings. The lowest BCUT2D eigenvalue weighted by molar-refractivity contribution is -0.107. The van der Waals surface area contributed by atoms with Gasteiger partial charge in [0, 0.05) is 29.6 Å². The highest BCUT2D eigenvalue weighted by Gasteiger charge is 2.09. The molecule has 1 aromatic heterocycles. The number of aryl methyl sites for hydroxylation is 1. The average molecular weight is 256 g/mol. The minimum atomic E-state index is -0.123. The minimum absolute atomic E-state index is 0.123. The van der Waals surface area contributed by atoms with Gasteiger partial charge in [0.05, 0.1) is 5.52 Å². The van der Waals surface area contributed by atoms with E-state index in [1.165, 1.54) is 0 Å². The molecule has 98 valence electrons. The smallest absolute Gasteiger partial charge is 0.251 e. The lowest BCUT2D eigenvalue weighted by Crippen LogP contribution is -2.24. The summed E-state index contributed by atoms with van der Waals surface area (Å²) in [7, 11) is 0. The van der Waals surface area contributed by atoms with Crippen molar-refractivity contribution in [1.29, 1.82) is 0 Å². The van der Waals surface area contributed by atoms with E-state index in [1.807, 2.05) is 31.2 Å². The van der Waals surface area contributed by atoms with E-state index in [-0.39, 0.29) is 5.91 Å². The molecule has 0 aliphatic carbocycles. The Kier molecular flexibility index (Phi) is 4.23. The number of unbranched alkanes of at least 4 members (excludes halogenated alkanes) is 1. The van der Waals surface area contributed by atoms with Gasteiger partial charge < -0.3 is 10.1 Å². The van der Waals surface area contributed by atoms with Gasteiger partial charge in [-0.3, -0.25) is 9.78 Å². The Hall–Kier alpha value is -2.23. The highest BCUT2D eigenvalue weighted by atomic mass is 16.1. The monoisotopic (exact) mass is 256 g/mol. The maximum Gasteiger partial charge on any atom is 0.251 e. The summed E-state index contributed by atoms with van der Waals surface area (Å²) in [6.07, 6.45) is 1.99. The van der Waals surface area contributed by atoms with Gasteiger partial charge in [-0.05, 0) is 31.5 Å². The van der Waals surface area contributed by atoms with Crippen molar-refractivity contribution in [2.24, 2.45) is 0 Å². The second-order valence-electron chi connectivity index (χ2n) is 4.39. The van der Waals surface area contributed by atoms with Crippen molar-refractivity contribution < 1.29 is 9.59 Å². The quantitative estimate of drug-likeness (QED) is 0.659. The zero-order valence-corrected chi connectivity index (χ0v) is 10.8. The molecule has 1 aromatic carbocycles. The largest absolute Gasteiger partial charge is 0.352 e. The zero-order valence-electron chi connectivity index (χ0n) is 10.8. The number of pyridine rings is 1. The van der Waals surface area contributed by atoms with Crippen molar-refractivity contribution >= 4 is 23.1 Å². The molecule has 0 aliphatic heterocycles. The Labute approximate surface area is 111 Å². The predicted molar refractivity (Wildman–Crippen MR) is 74.1 cm³/mol. The molecule has 2 rings (SSSR count). The summed E-state index contributed by atoms with van der Waals surface area (Å²) in [5, 5.41) is 3.66. The van der Waals surface area contributed by atoms with Crippen molar-refractivity contribution in [2.45, 2.75) is 19.8 Å². The first-order valence-electron chi connectivity index (χ1n) is 6.30. The van der Waals surface area contributed by atoms with Crippen LogP contribution in [-0.4, -0.2) is 23.7 Å². The first-order chi connectivity index (χ1) is 9.22. The molecule has 19 heavy (non-hydrogen) atoms. The average Bonchev–Trinajstić information content (AvgIpc) is 2.42. The number of carbonyl (C=O) groups excluding carboxylic acids is 2. The Balaban J connectivity index is 2.19. The van der Waals surface area contributed by atoms with Gasteiger partial charge in [-0.15, -0.1) is 0 Å². The SMILES string of the molecule is Cc1ccc2c(C(=O)NCCCC=O)cccc2n1. The summed E-state index contributed by atoms with van der Waals surface area (Å²) in [6.45, 7) is 2.43. The lowest BCUT2D eigenvalue weighted by Gasteiger charge is -2.07. The van der Waals surface area contributed by atoms with Crippen LogP contribution in [0.2, 0.25) is 0 Å². The fourth-order valence-electron chi connectivity index (χ4n) is 1.94. The maximum absolute atomic E-state index is 12.1. The summed E-state index contributed by atoms with van der Waals surface area (Å²) in [4.78, 5) is 26.7. The van der Waals surface area contributed by atoms with E-state index >= 15 is 0 Å².